The summed E-state index contributed by atoms with van der Waals surface area (Å²) in [7, 11) is -2.02. The molecule has 7 heteroatoms. The van der Waals surface area contributed by atoms with Gasteiger partial charge in [0.15, 0.2) is 0 Å². The predicted molar refractivity (Wildman–Crippen MR) is 83.2 cm³/mol. The molecule has 0 heterocycles. The molecule has 5 nitrogen and oxygen atoms in total. The molecular formula is C13H20N2O3S2. The van der Waals surface area contributed by atoms with Gasteiger partial charge in [0.25, 0.3) is 0 Å². The van der Waals surface area contributed by atoms with Crippen molar-refractivity contribution in [1.82, 2.24) is 4.31 Å². The molecule has 20 heavy (non-hydrogen) atoms. The van der Waals surface area contributed by atoms with E-state index in [1.807, 2.05) is 6.92 Å². The number of aryl methyl sites for hydroxylation is 1. The fourth-order valence-corrected chi connectivity index (χ4v) is 3.16. The van der Waals surface area contributed by atoms with Crippen LogP contribution >= 0.6 is 12.2 Å². The van der Waals surface area contributed by atoms with Gasteiger partial charge in [-0.15, -0.1) is 0 Å². The standard InChI is InChI=1S/C13H20N2O3S2/c1-11-3-5-12(6-4-11)20(16,17)15(9-10-18-2)8-7-13(14)19/h3-6H,7-10H2,1-2H3,(H2,14,19). The van der Waals surface area contributed by atoms with Gasteiger partial charge in [-0.2, -0.15) is 4.31 Å². The first-order valence-electron chi connectivity index (χ1n) is 6.22. The Hall–Kier alpha value is -1.02. The number of methoxy groups -OCH3 is 1. The number of hydrogen-bond acceptors (Lipinski definition) is 4. The Morgan fingerprint density at radius 3 is 2.40 bits per heavy atom. The van der Waals surface area contributed by atoms with E-state index in [-0.39, 0.29) is 18.0 Å². The number of sulfonamides is 1. The lowest BCUT2D eigenvalue weighted by molar-refractivity contribution is 0.179. The highest BCUT2D eigenvalue weighted by Crippen LogP contribution is 2.16. The third-order valence-corrected chi connectivity index (χ3v) is 4.93. The van der Waals surface area contributed by atoms with Crippen molar-refractivity contribution in [1.29, 1.82) is 0 Å². The second-order valence-corrected chi connectivity index (χ2v) is 6.89. The zero-order chi connectivity index (χ0) is 15.2. The minimum absolute atomic E-state index is 0.259. The Kier molecular flexibility index (Phi) is 6.54. The highest BCUT2D eigenvalue weighted by molar-refractivity contribution is 7.89. The summed E-state index contributed by atoms with van der Waals surface area (Å²) in [5, 5.41) is 0. The van der Waals surface area contributed by atoms with E-state index < -0.39 is 10.0 Å². The second kappa shape index (κ2) is 7.68. The van der Waals surface area contributed by atoms with Crippen molar-refractivity contribution in [2.75, 3.05) is 26.8 Å². The highest BCUT2D eigenvalue weighted by Gasteiger charge is 2.23. The van der Waals surface area contributed by atoms with Crippen LogP contribution in [0.1, 0.15) is 12.0 Å². The number of rotatable bonds is 8. The number of benzene rings is 1. The largest absolute Gasteiger partial charge is 0.393 e. The van der Waals surface area contributed by atoms with E-state index in [4.69, 9.17) is 22.7 Å². The molecule has 1 aromatic rings. The van der Waals surface area contributed by atoms with Gasteiger partial charge in [0.1, 0.15) is 0 Å². The van der Waals surface area contributed by atoms with E-state index >= 15 is 0 Å². The molecule has 0 aliphatic carbocycles. The van der Waals surface area contributed by atoms with Crippen LogP contribution in [0.4, 0.5) is 0 Å². The maximum Gasteiger partial charge on any atom is 0.243 e. The molecule has 112 valence electrons. The molecule has 2 N–H and O–H groups in total. The van der Waals surface area contributed by atoms with E-state index in [0.717, 1.165) is 5.56 Å². The van der Waals surface area contributed by atoms with E-state index in [1.165, 1.54) is 11.4 Å². The Morgan fingerprint density at radius 2 is 1.90 bits per heavy atom. The van der Waals surface area contributed by atoms with Crippen molar-refractivity contribution in [3.8, 4) is 0 Å². The van der Waals surface area contributed by atoms with E-state index in [1.54, 1.807) is 24.3 Å². The van der Waals surface area contributed by atoms with E-state index in [9.17, 15) is 8.42 Å². The number of ether oxygens (including phenoxy) is 1. The summed E-state index contributed by atoms with van der Waals surface area (Å²) < 4.78 is 31.4. The molecule has 1 rings (SSSR count). The molecule has 0 aliphatic rings. The van der Waals surface area contributed by atoms with Crippen molar-refractivity contribution in [3.05, 3.63) is 29.8 Å². The molecule has 0 bridgehead atoms. The second-order valence-electron chi connectivity index (χ2n) is 4.43. The van der Waals surface area contributed by atoms with Crippen molar-refractivity contribution < 1.29 is 13.2 Å². The molecule has 0 unspecified atom stereocenters. The SMILES string of the molecule is COCCN(CCC(N)=S)S(=O)(=O)c1ccc(C)cc1. The fourth-order valence-electron chi connectivity index (χ4n) is 1.64. The molecule has 0 atom stereocenters. The van der Waals surface area contributed by atoms with Crippen molar-refractivity contribution in [2.45, 2.75) is 18.2 Å². The maximum absolute atomic E-state index is 12.5. The summed E-state index contributed by atoms with van der Waals surface area (Å²) in [4.78, 5) is 0.564. The molecule has 0 saturated heterocycles. The molecule has 0 aliphatic heterocycles. The van der Waals surface area contributed by atoms with Crippen molar-refractivity contribution in [2.24, 2.45) is 5.73 Å². The predicted octanol–water partition coefficient (Wildman–Crippen LogP) is 1.31. The summed E-state index contributed by atoms with van der Waals surface area (Å²) in [5.41, 5.74) is 6.46. The minimum Gasteiger partial charge on any atom is -0.393 e. The summed E-state index contributed by atoms with van der Waals surface area (Å²) in [6, 6.07) is 6.75. The Morgan fingerprint density at radius 1 is 1.30 bits per heavy atom. The van der Waals surface area contributed by atoms with Crippen LogP contribution in [0.25, 0.3) is 0 Å². The highest BCUT2D eigenvalue weighted by atomic mass is 32.2. The maximum atomic E-state index is 12.5. The Balaban J connectivity index is 2.96. The van der Waals surface area contributed by atoms with Gasteiger partial charge >= 0.3 is 0 Å². The summed E-state index contributed by atoms with van der Waals surface area (Å²) in [5.74, 6) is 0. The van der Waals surface area contributed by atoms with Crippen LogP contribution in [-0.2, 0) is 14.8 Å². The smallest absolute Gasteiger partial charge is 0.243 e. The summed E-state index contributed by atoms with van der Waals surface area (Å²) in [6.45, 7) is 2.76. The molecule has 0 aromatic heterocycles. The Labute approximate surface area is 125 Å². The van der Waals surface area contributed by atoms with Gasteiger partial charge in [0.05, 0.1) is 16.5 Å². The van der Waals surface area contributed by atoms with Crippen LogP contribution in [0.5, 0.6) is 0 Å². The number of nitrogens with zero attached hydrogens (tertiary/aromatic N) is 1. The van der Waals surface area contributed by atoms with Crippen LogP contribution < -0.4 is 5.73 Å². The van der Waals surface area contributed by atoms with Crippen LogP contribution in [-0.4, -0.2) is 44.5 Å². The number of hydrogen-bond donors (Lipinski definition) is 1. The first-order chi connectivity index (χ1) is 9.37. The van der Waals surface area contributed by atoms with E-state index in [2.05, 4.69) is 0 Å². The quantitative estimate of drug-likeness (QED) is 0.732. The fraction of sp³-hybridized carbons (Fsp3) is 0.462. The topological polar surface area (TPSA) is 72.6 Å². The van der Waals surface area contributed by atoms with E-state index in [0.29, 0.717) is 18.0 Å². The molecule has 0 spiro atoms. The van der Waals surface area contributed by atoms with Gasteiger partial charge in [-0.25, -0.2) is 8.42 Å². The first-order valence-corrected chi connectivity index (χ1v) is 8.07. The van der Waals surface area contributed by atoms with Crippen molar-refractivity contribution >= 4 is 27.2 Å². The zero-order valence-corrected chi connectivity index (χ0v) is 13.3. The number of thiocarbonyl (C=S) groups is 1. The summed E-state index contributed by atoms with van der Waals surface area (Å²) in [6.07, 6.45) is 0.351. The zero-order valence-electron chi connectivity index (χ0n) is 11.7. The van der Waals surface area contributed by atoms with Crippen molar-refractivity contribution in [3.63, 3.8) is 0 Å². The van der Waals surface area contributed by atoms with Gasteiger partial charge in [-0.3, -0.25) is 0 Å². The summed E-state index contributed by atoms with van der Waals surface area (Å²) >= 11 is 4.81. The molecule has 0 saturated carbocycles. The average Bonchev–Trinajstić information content (AvgIpc) is 2.38. The van der Waals surface area contributed by atoms with Gasteiger partial charge in [0.2, 0.25) is 10.0 Å². The lowest BCUT2D eigenvalue weighted by Crippen LogP contribution is -2.36. The van der Waals surface area contributed by atoms with Crippen LogP contribution in [0.2, 0.25) is 0 Å². The lowest BCUT2D eigenvalue weighted by atomic mass is 10.2. The van der Waals surface area contributed by atoms with Crippen LogP contribution in [0, 0.1) is 6.92 Å². The minimum atomic E-state index is -3.55. The third kappa shape index (κ3) is 4.82. The van der Waals surface area contributed by atoms with Gasteiger partial charge in [-0.1, -0.05) is 29.9 Å². The van der Waals surface area contributed by atoms with Gasteiger partial charge < -0.3 is 10.5 Å². The molecule has 0 radical (unpaired) electrons. The van der Waals surface area contributed by atoms with Gasteiger partial charge in [0, 0.05) is 26.6 Å². The normalized spacial score (nSPS) is 11.8. The van der Waals surface area contributed by atoms with Gasteiger partial charge in [-0.05, 0) is 19.1 Å². The molecule has 1 aromatic carbocycles. The van der Waals surface area contributed by atoms with Crippen LogP contribution in [0.3, 0.4) is 0 Å². The Bertz CT molecular complexity index is 541. The third-order valence-electron chi connectivity index (χ3n) is 2.81. The monoisotopic (exact) mass is 316 g/mol. The average molecular weight is 316 g/mol. The molecule has 0 fully saturated rings. The van der Waals surface area contributed by atoms with Crippen LogP contribution in [0.15, 0.2) is 29.2 Å². The first kappa shape index (κ1) is 17.0. The molecule has 0 amide bonds. The molecular weight excluding hydrogens is 296 g/mol. The number of nitrogens with two attached hydrogens (primary N) is 1. The lowest BCUT2D eigenvalue weighted by Gasteiger charge is -2.21.